The largest absolute Gasteiger partial charge is 0.477 e. The Bertz CT molecular complexity index is 582. The molecular formula is C14H14BrNO2S. The minimum absolute atomic E-state index is 0.216. The SMILES string of the molecule is C[C@@H](NCc1ccc(C(=O)O)s1)c1cccc(Br)c1. The van der Waals surface area contributed by atoms with Gasteiger partial charge in [0.25, 0.3) is 0 Å². The van der Waals surface area contributed by atoms with Crippen molar-refractivity contribution in [3.05, 3.63) is 56.2 Å². The van der Waals surface area contributed by atoms with Crippen LogP contribution in [-0.4, -0.2) is 11.1 Å². The van der Waals surface area contributed by atoms with Crippen LogP contribution in [0, 0.1) is 0 Å². The van der Waals surface area contributed by atoms with Gasteiger partial charge in [-0.3, -0.25) is 0 Å². The lowest BCUT2D eigenvalue weighted by molar-refractivity contribution is 0.0702. The summed E-state index contributed by atoms with van der Waals surface area (Å²) in [5.74, 6) is -0.865. The zero-order valence-electron chi connectivity index (χ0n) is 10.4. The molecular weight excluding hydrogens is 326 g/mol. The molecule has 19 heavy (non-hydrogen) atoms. The van der Waals surface area contributed by atoms with Gasteiger partial charge in [0.2, 0.25) is 0 Å². The smallest absolute Gasteiger partial charge is 0.345 e. The first-order valence-electron chi connectivity index (χ1n) is 5.87. The minimum atomic E-state index is -0.865. The van der Waals surface area contributed by atoms with Crippen LogP contribution >= 0.6 is 27.3 Å². The van der Waals surface area contributed by atoms with Gasteiger partial charge in [0, 0.05) is 21.9 Å². The van der Waals surface area contributed by atoms with E-state index in [1.54, 1.807) is 6.07 Å². The second-order valence-corrected chi connectivity index (χ2v) is 6.31. The molecule has 1 aromatic carbocycles. The highest BCUT2D eigenvalue weighted by Gasteiger charge is 2.09. The van der Waals surface area contributed by atoms with E-state index in [2.05, 4.69) is 40.3 Å². The molecule has 0 bridgehead atoms. The lowest BCUT2D eigenvalue weighted by Gasteiger charge is -2.13. The van der Waals surface area contributed by atoms with Crippen LogP contribution in [-0.2, 0) is 6.54 Å². The zero-order chi connectivity index (χ0) is 13.8. The number of benzene rings is 1. The number of aromatic carboxylic acids is 1. The van der Waals surface area contributed by atoms with Crippen molar-refractivity contribution < 1.29 is 9.90 Å². The van der Waals surface area contributed by atoms with Crippen LogP contribution in [0.2, 0.25) is 0 Å². The van der Waals surface area contributed by atoms with E-state index in [1.807, 2.05) is 18.2 Å². The molecule has 3 nitrogen and oxygen atoms in total. The van der Waals surface area contributed by atoms with E-state index < -0.39 is 5.97 Å². The van der Waals surface area contributed by atoms with Crippen LogP contribution in [0.5, 0.6) is 0 Å². The van der Waals surface area contributed by atoms with Crippen LogP contribution in [0.1, 0.15) is 33.1 Å². The molecule has 0 radical (unpaired) electrons. The van der Waals surface area contributed by atoms with E-state index in [4.69, 9.17) is 5.11 Å². The van der Waals surface area contributed by atoms with Gasteiger partial charge in [-0.05, 0) is 36.8 Å². The molecule has 0 aliphatic carbocycles. The summed E-state index contributed by atoms with van der Waals surface area (Å²) in [6.07, 6.45) is 0. The fourth-order valence-corrected chi connectivity index (χ4v) is 2.95. The summed E-state index contributed by atoms with van der Waals surface area (Å²) in [6.45, 7) is 2.76. The van der Waals surface area contributed by atoms with Crippen molar-refractivity contribution in [2.75, 3.05) is 0 Å². The van der Waals surface area contributed by atoms with Crippen molar-refractivity contribution in [3.8, 4) is 0 Å². The number of rotatable bonds is 5. The molecule has 0 aliphatic rings. The Kier molecular flexibility index (Phi) is 4.74. The van der Waals surface area contributed by atoms with Gasteiger partial charge in [-0.15, -0.1) is 11.3 Å². The average molecular weight is 340 g/mol. The fourth-order valence-electron chi connectivity index (χ4n) is 1.74. The van der Waals surface area contributed by atoms with Crippen molar-refractivity contribution in [2.45, 2.75) is 19.5 Å². The molecule has 0 saturated carbocycles. The van der Waals surface area contributed by atoms with Gasteiger partial charge in [0.05, 0.1) is 0 Å². The molecule has 5 heteroatoms. The van der Waals surface area contributed by atoms with Crippen LogP contribution in [0.15, 0.2) is 40.9 Å². The number of carboxylic acids is 1. The van der Waals surface area contributed by atoms with E-state index in [9.17, 15) is 4.79 Å². The van der Waals surface area contributed by atoms with E-state index in [0.29, 0.717) is 11.4 Å². The molecule has 1 heterocycles. The number of carboxylic acid groups (broad SMARTS) is 1. The highest BCUT2D eigenvalue weighted by Crippen LogP contribution is 2.20. The third-order valence-electron chi connectivity index (χ3n) is 2.80. The van der Waals surface area contributed by atoms with Gasteiger partial charge < -0.3 is 10.4 Å². The Hall–Kier alpha value is -1.17. The van der Waals surface area contributed by atoms with Gasteiger partial charge in [0.1, 0.15) is 4.88 Å². The summed E-state index contributed by atoms with van der Waals surface area (Å²) in [5, 5.41) is 12.3. The zero-order valence-corrected chi connectivity index (χ0v) is 12.8. The quantitative estimate of drug-likeness (QED) is 0.863. The molecule has 0 saturated heterocycles. The van der Waals surface area contributed by atoms with Gasteiger partial charge in [-0.25, -0.2) is 4.79 Å². The van der Waals surface area contributed by atoms with Crippen LogP contribution in [0.3, 0.4) is 0 Å². The minimum Gasteiger partial charge on any atom is -0.477 e. The number of hydrogen-bond acceptors (Lipinski definition) is 3. The Morgan fingerprint density at radius 3 is 2.84 bits per heavy atom. The molecule has 2 N–H and O–H groups in total. The summed E-state index contributed by atoms with van der Waals surface area (Å²) in [6, 6.07) is 11.9. The number of carbonyl (C=O) groups is 1. The number of thiophene rings is 1. The second kappa shape index (κ2) is 6.32. The van der Waals surface area contributed by atoms with Crippen LogP contribution in [0.4, 0.5) is 0 Å². The Morgan fingerprint density at radius 2 is 2.21 bits per heavy atom. The maximum Gasteiger partial charge on any atom is 0.345 e. The second-order valence-electron chi connectivity index (χ2n) is 4.23. The molecule has 2 rings (SSSR count). The molecule has 100 valence electrons. The first-order valence-corrected chi connectivity index (χ1v) is 7.48. The van der Waals surface area contributed by atoms with Crippen molar-refractivity contribution >= 4 is 33.2 Å². The van der Waals surface area contributed by atoms with Gasteiger partial charge in [-0.1, -0.05) is 28.1 Å². The van der Waals surface area contributed by atoms with E-state index in [-0.39, 0.29) is 6.04 Å². The third-order valence-corrected chi connectivity index (χ3v) is 4.37. The molecule has 1 aromatic heterocycles. The topological polar surface area (TPSA) is 49.3 Å². The number of halogens is 1. The Labute approximate surface area is 124 Å². The molecule has 0 fully saturated rings. The highest BCUT2D eigenvalue weighted by atomic mass is 79.9. The van der Waals surface area contributed by atoms with Gasteiger partial charge in [0.15, 0.2) is 0 Å². The van der Waals surface area contributed by atoms with E-state index >= 15 is 0 Å². The predicted octanol–water partition coefficient (Wildman–Crippen LogP) is 4.06. The molecule has 0 spiro atoms. The summed E-state index contributed by atoms with van der Waals surface area (Å²) < 4.78 is 1.06. The standard InChI is InChI=1S/C14H14BrNO2S/c1-9(10-3-2-4-11(15)7-10)16-8-12-5-6-13(19-12)14(17)18/h2-7,9,16H,8H2,1H3,(H,17,18)/t9-/m1/s1. The third kappa shape index (κ3) is 3.89. The van der Waals surface area contributed by atoms with E-state index in [0.717, 1.165) is 9.35 Å². The molecule has 0 unspecified atom stereocenters. The van der Waals surface area contributed by atoms with Crippen molar-refractivity contribution in [2.24, 2.45) is 0 Å². The monoisotopic (exact) mass is 339 g/mol. The summed E-state index contributed by atoms with van der Waals surface area (Å²) in [4.78, 5) is 12.2. The molecule has 1 atom stereocenters. The van der Waals surface area contributed by atoms with Crippen LogP contribution < -0.4 is 5.32 Å². The maximum atomic E-state index is 10.8. The van der Waals surface area contributed by atoms with Crippen molar-refractivity contribution in [1.82, 2.24) is 5.32 Å². The molecule has 0 aliphatic heterocycles. The van der Waals surface area contributed by atoms with Crippen molar-refractivity contribution in [1.29, 1.82) is 0 Å². The number of nitrogens with one attached hydrogen (secondary N) is 1. The molecule has 2 aromatic rings. The summed E-state index contributed by atoms with van der Waals surface area (Å²) >= 11 is 4.76. The number of hydrogen-bond donors (Lipinski definition) is 2. The average Bonchev–Trinajstić information content (AvgIpc) is 2.85. The lowest BCUT2D eigenvalue weighted by atomic mass is 10.1. The highest BCUT2D eigenvalue weighted by molar-refractivity contribution is 9.10. The van der Waals surface area contributed by atoms with Crippen LogP contribution in [0.25, 0.3) is 0 Å². The fraction of sp³-hybridized carbons (Fsp3) is 0.214. The van der Waals surface area contributed by atoms with Gasteiger partial charge >= 0.3 is 5.97 Å². The first-order chi connectivity index (χ1) is 9.06. The predicted molar refractivity (Wildman–Crippen MR) is 80.7 cm³/mol. The van der Waals surface area contributed by atoms with E-state index in [1.165, 1.54) is 16.9 Å². The van der Waals surface area contributed by atoms with Crippen molar-refractivity contribution in [3.63, 3.8) is 0 Å². The Morgan fingerprint density at radius 1 is 1.42 bits per heavy atom. The Balaban J connectivity index is 1.96. The molecule has 0 amide bonds. The lowest BCUT2D eigenvalue weighted by Crippen LogP contribution is -2.17. The maximum absolute atomic E-state index is 10.8. The normalized spacial score (nSPS) is 12.3. The summed E-state index contributed by atoms with van der Waals surface area (Å²) in [7, 11) is 0. The van der Waals surface area contributed by atoms with Gasteiger partial charge in [-0.2, -0.15) is 0 Å². The summed E-state index contributed by atoms with van der Waals surface area (Å²) in [5.41, 5.74) is 1.20. The first kappa shape index (κ1) is 14.2.